The van der Waals surface area contributed by atoms with Crippen LogP contribution in [0.15, 0.2) is 0 Å². The number of rotatable bonds is 2. The lowest BCUT2D eigenvalue weighted by Crippen LogP contribution is -2.51. The molecule has 2 fully saturated rings. The maximum atomic E-state index is 12.2. The third-order valence-corrected chi connectivity index (χ3v) is 4.14. The Bertz CT molecular complexity index is 254. The van der Waals surface area contributed by atoms with E-state index in [1.165, 1.54) is 6.42 Å². The lowest BCUT2D eigenvalue weighted by Gasteiger charge is -2.36. The number of nitrogens with zero attached hydrogens (tertiary/aromatic N) is 1. The van der Waals surface area contributed by atoms with Gasteiger partial charge in [-0.25, -0.2) is 0 Å². The Hall–Kier alpha value is -0.610. The lowest BCUT2D eigenvalue weighted by molar-refractivity contribution is -0.136. The summed E-state index contributed by atoms with van der Waals surface area (Å²) in [6.45, 7) is 4.45. The minimum absolute atomic E-state index is 0.0480. The van der Waals surface area contributed by atoms with E-state index < -0.39 is 0 Å². The van der Waals surface area contributed by atoms with Crippen molar-refractivity contribution in [2.24, 2.45) is 5.92 Å². The van der Waals surface area contributed by atoms with Gasteiger partial charge >= 0.3 is 0 Å². The van der Waals surface area contributed by atoms with Crippen molar-refractivity contribution >= 4 is 5.91 Å². The van der Waals surface area contributed by atoms with Crippen LogP contribution >= 0.6 is 0 Å². The molecule has 0 saturated carbocycles. The number of hydrogen-bond acceptors (Lipinski definition) is 3. The van der Waals surface area contributed by atoms with E-state index >= 15 is 0 Å². The van der Waals surface area contributed by atoms with Crippen molar-refractivity contribution in [1.29, 1.82) is 0 Å². The van der Waals surface area contributed by atoms with Gasteiger partial charge in [0.2, 0.25) is 5.91 Å². The summed E-state index contributed by atoms with van der Waals surface area (Å²) < 4.78 is 0. The molecule has 4 heteroatoms. The van der Waals surface area contributed by atoms with Crippen LogP contribution in [0.3, 0.4) is 0 Å². The molecule has 0 spiro atoms. The first-order valence-corrected chi connectivity index (χ1v) is 6.88. The minimum Gasteiger partial charge on any atom is -0.393 e. The van der Waals surface area contributed by atoms with Crippen LogP contribution in [0.1, 0.15) is 39.0 Å². The summed E-state index contributed by atoms with van der Waals surface area (Å²) in [4.78, 5) is 14.2. The van der Waals surface area contributed by atoms with Gasteiger partial charge in [-0.1, -0.05) is 6.42 Å². The second-order valence-corrected chi connectivity index (χ2v) is 5.41. The van der Waals surface area contributed by atoms with E-state index in [0.29, 0.717) is 5.92 Å². The first-order chi connectivity index (χ1) is 8.18. The van der Waals surface area contributed by atoms with Crippen LogP contribution in [0, 0.1) is 5.92 Å². The molecule has 2 aliphatic heterocycles. The number of carbonyl (C=O) groups is 1. The third-order valence-electron chi connectivity index (χ3n) is 4.14. The zero-order chi connectivity index (χ0) is 12.3. The van der Waals surface area contributed by atoms with E-state index in [2.05, 4.69) is 5.32 Å². The van der Waals surface area contributed by atoms with Crippen molar-refractivity contribution in [2.45, 2.75) is 51.2 Å². The minimum atomic E-state index is -0.236. The van der Waals surface area contributed by atoms with Crippen LogP contribution in [0.5, 0.6) is 0 Å². The molecule has 2 heterocycles. The number of hydrogen-bond donors (Lipinski definition) is 2. The maximum Gasteiger partial charge on any atom is 0.239 e. The molecule has 0 unspecified atom stereocenters. The standard InChI is InChI=1S/C13H24N2O2/c1-10(16)11-5-8-15(9-6-11)13(17)12-4-2-3-7-14-12/h10-12,14,16H,2-9H2,1H3/t10-,12-/m0/s1. The van der Waals surface area contributed by atoms with Crippen molar-refractivity contribution in [2.75, 3.05) is 19.6 Å². The molecule has 0 radical (unpaired) electrons. The summed E-state index contributed by atoms with van der Waals surface area (Å²) in [5.74, 6) is 0.645. The molecule has 0 aromatic heterocycles. The number of nitrogens with one attached hydrogen (secondary N) is 1. The number of aliphatic hydroxyl groups excluding tert-OH is 1. The zero-order valence-corrected chi connectivity index (χ0v) is 10.7. The average molecular weight is 240 g/mol. The zero-order valence-electron chi connectivity index (χ0n) is 10.7. The van der Waals surface area contributed by atoms with E-state index in [-0.39, 0.29) is 18.1 Å². The van der Waals surface area contributed by atoms with Crippen molar-refractivity contribution in [3.05, 3.63) is 0 Å². The molecule has 2 aliphatic rings. The largest absolute Gasteiger partial charge is 0.393 e. The topological polar surface area (TPSA) is 52.6 Å². The number of likely N-dealkylation sites (tertiary alicyclic amines) is 1. The summed E-state index contributed by atoms with van der Waals surface area (Å²) in [6, 6.07) is 0.0480. The Labute approximate surface area is 103 Å². The van der Waals surface area contributed by atoms with Crippen molar-refractivity contribution in [1.82, 2.24) is 10.2 Å². The molecule has 2 rings (SSSR count). The van der Waals surface area contributed by atoms with E-state index in [9.17, 15) is 9.90 Å². The highest BCUT2D eigenvalue weighted by atomic mass is 16.3. The second-order valence-electron chi connectivity index (χ2n) is 5.41. The van der Waals surface area contributed by atoms with Crippen LogP contribution in [-0.4, -0.2) is 47.7 Å². The molecule has 4 nitrogen and oxygen atoms in total. The van der Waals surface area contributed by atoms with Gasteiger partial charge in [0.25, 0.3) is 0 Å². The fourth-order valence-electron chi connectivity index (χ4n) is 2.89. The van der Waals surface area contributed by atoms with Gasteiger partial charge in [0.1, 0.15) is 0 Å². The van der Waals surface area contributed by atoms with E-state index in [0.717, 1.165) is 45.3 Å². The molecule has 2 saturated heterocycles. The third kappa shape index (κ3) is 3.19. The van der Waals surface area contributed by atoms with E-state index in [1.54, 1.807) is 0 Å². The number of carbonyl (C=O) groups excluding carboxylic acids is 1. The van der Waals surface area contributed by atoms with Gasteiger partial charge in [0.05, 0.1) is 12.1 Å². The molecule has 0 aromatic rings. The van der Waals surface area contributed by atoms with Crippen molar-refractivity contribution in [3.63, 3.8) is 0 Å². The Kier molecular flexibility index (Phi) is 4.40. The number of amides is 1. The molecule has 98 valence electrons. The fourth-order valence-corrected chi connectivity index (χ4v) is 2.89. The van der Waals surface area contributed by atoms with Crippen LogP contribution < -0.4 is 5.32 Å². The maximum absolute atomic E-state index is 12.2. The Morgan fingerprint density at radius 3 is 2.53 bits per heavy atom. The van der Waals surface area contributed by atoms with Gasteiger partial charge in [-0.3, -0.25) is 4.79 Å². The highest BCUT2D eigenvalue weighted by molar-refractivity contribution is 5.82. The summed E-state index contributed by atoms with van der Waals surface area (Å²) in [5.41, 5.74) is 0. The van der Waals surface area contributed by atoms with E-state index in [1.807, 2.05) is 11.8 Å². The number of piperidine rings is 2. The van der Waals surface area contributed by atoms with Crippen LogP contribution in [-0.2, 0) is 4.79 Å². The van der Waals surface area contributed by atoms with Gasteiger partial charge in [-0.2, -0.15) is 0 Å². The van der Waals surface area contributed by atoms with Gasteiger partial charge in [-0.05, 0) is 45.1 Å². The highest BCUT2D eigenvalue weighted by Crippen LogP contribution is 2.21. The molecular formula is C13H24N2O2. The summed E-state index contributed by atoms with van der Waals surface area (Å²) in [7, 11) is 0. The Morgan fingerprint density at radius 2 is 2.00 bits per heavy atom. The monoisotopic (exact) mass is 240 g/mol. The van der Waals surface area contributed by atoms with Gasteiger partial charge in [0.15, 0.2) is 0 Å². The van der Waals surface area contributed by atoms with Gasteiger partial charge in [0, 0.05) is 13.1 Å². The van der Waals surface area contributed by atoms with Crippen LogP contribution in [0.2, 0.25) is 0 Å². The molecular weight excluding hydrogens is 216 g/mol. The second kappa shape index (κ2) is 5.83. The number of aliphatic hydroxyl groups is 1. The summed E-state index contributed by atoms with van der Waals surface area (Å²) in [5, 5.41) is 12.8. The Balaban J connectivity index is 1.81. The predicted molar refractivity (Wildman–Crippen MR) is 66.6 cm³/mol. The summed E-state index contributed by atoms with van der Waals surface area (Å²) in [6.07, 6.45) is 4.98. The molecule has 17 heavy (non-hydrogen) atoms. The fraction of sp³-hybridized carbons (Fsp3) is 0.923. The van der Waals surface area contributed by atoms with Crippen LogP contribution in [0.25, 0.3) is 0 Å². The molecule has 2 atom stereocenters. The van der Waals surface area contributed by atoms with Gasteiger partial charge < -0.3 is 15.3 Å². The van der Waals surface area contributed by atoms with Crippen LogP contribution in [0.4, 0.5) is 0 Å². The lowest BCUT2D eigenvalue weighted by atomic mass is 9.91. The van der Waals surface area contributed by atoms with Crippen molar-refractivity contribution in [3.8, 4) is 0 Å². The average Bonchev–Trinajstić information content (AvgIpc) is 2.39. The SMILES string of the molecule is C[C@H](O)C1CCN(C(=O)[C@@H]2CCCCN2)CC1. The normalized spacial score (nSPS) is 29.1. The predicted octanol–water partition coefficient (Wildman–Crippen LogP) is 0.748. The smallest absolute Gasteiger partial charge is 0.239 e. The van der Waals surface area contributed by atoms with Crippen molar-refractivity contribution < 1.29 is 9.90 Å². The first-order valence-electron chi connectivity index (χ1n) is 6.88. The molecule has 0 bridgehead atoms. The molecule has 1 amide bonds. The molecule has 0 aliphatic carbocycles. The quantitative estimate of drug-likeness (QED) is 0.749. The van der Waals surface area contributed by atoms with E-state index in [4.69, 9.17) is 0 Å². The van der Waals surface area contributed by atoms with Gasteiger partial charge in [-0.15, -0.1) is 0 Å². The highest BCUT2D eigenvalue weighted by Gasteiger charge is 2.29. The molecule has 2 N–H and O–H groups in total. The Morgan fingerprint density at radius 1 is 1.29 bits per heavy atom. The first kappa shape index (κ1) is 12.8. The summed E-state index contributed by atoms with van der Waals surface area (Å²) >= 11 is 0. The molecule has 0 aromatic carbocycles.